The number of carboxylic acids is 1. The number of amides is 1. The van der Waals surface area contributed by atoms with Crippen molar-refractivity contribution in [1.82, 2.24) is 0 Å². The second kappa shape index (κ2) is 6.89. The van der Waals surface area contributed by atoms with Crippen LogP contribution in [0.4, 0.5) is 14.5 Å². The zero-order valence-electron chi connectivity index (χ0n) is 11.1. The number of hydrogen-bond donors (Lipinski definition) is 2. The largest absolute Gasteiger partial charge is 0.481 e. The Labute approximate surface area is 124 Å². The van der Waals surface area contributed by atoms with Crippen LogP contribution in [0.3, 0.4) is 0 Å². The van der Waals surface area contributed by atoms with E-state index in [0.717, 1.165) is 0 Å². The van der Waals surface area contributed by atoms with Crippen LogP contribution in [0.15, 0.2) is 29.2 Å². The molecule has 2 rings (SSSR count). The SMILES string of the molecule is O=C(O)[C@@H]1CC[C@H](C(=O)Nc2cccc(SC(F)F)c2)C1. The zero-order valence-corrected chi connectivity index (χ0v) is 11.9. The van der Waals surface area contributed by atoms with Crippen molar-refractivity contribution in [3.63, 3.8) is 0 Å². The molecule has 7 heteroatoms. The molecule has 114 valence electrons. The van der Waals surface area contributed by atoms with Crippen molar-refractivity contribution in [1.29, 1.82) is 0 Å². The molecule has 1 aliphatic rings. The Kier molecular flexibility index (Phi) is 5.17. The van der Waals surface area contributed by atoms with E-state index in [1.165, 1.54) is 6.07 Å². The minimum absolute atomic E-state index is 0.252. The highest BCUT2D eigenvalue weighted by atomic mass is 32.2. The summed E-state index contributed by atoms with van der Waals surface area (Å²) >= 11 is 0.414. The molecule has 0 heterocycles. The number of carbonyl (C=O) groups excluding carboxylic acids is 1. The fourth-order valence-electron chi connectivity index (χ4n) is 2.44. The molecule has 21 heavy (non-hydrogen) atoms. The van der Waals surface area contributed by atoms with E-state index in [1.54, 1.807) is 18.2 Å². The number of carboxylic acid groups (broad SMARTS) is 1. The number of anilines is 1. The fraction of sp³-hybridized carbons (Fsp3) is 0.429. The van der Waals surface area contributed by atoms with Crippen LogP contribution in [-0.2, 0) is 9.59 Å². The van der Waals surface area contributed by atoms with E-state index in [0.29, 0.717) is 41.6 Å². The van der Waals surface area contributed by atoms with E-state index in [1.807, 2.05) is 0 Å². The monoisotopic (exact) mass is 315 g/mol. The number of nitrogens with one attached hydrogen (secondary N) is 1. The third-order valence-electron chi connectivity index (χ3n) is 3.48. The Bertz CT molecular complexity index is 539. The number of thioether (sulfide) groups is 1. The van der Waals surface area contributed by atoms with Gasteiger partial charge in [-0.1, -0.05) is 17.8 Å². The van der Waals surface area contributed by atoms with E-state index < -0.39 is 17.6 Å². The lowest BCUT2D eigenvalue weighted by atomic mass is 10.0. The number of alkyl halides is 2. The minimum Gasteiger partial charge on any atom is -0.481 e. The van der Waals surface area contributed by atoms with Crippen LogP contribution in [0.2, 0.25) is 0 Å². The normalized spacial score (nSPS) is 21.5. The van der Waals surface area contributed by atoms with Crippen molar-refractivity contribution in [2.75, 3.05) is 5.32 Å². The second-order valence-corrected chi connectivity index (χ2v) is 6.00. The van der Waals surface area contributed by atoms with Gasteiger partial charge in [0.25, 0.3) is 5.76 Å². The maximum atomic E-state index is 12.3. The number of rotatable bonds is 5. The van der Waals surface area contributed by atoms with Gasteiger partial charge in [0.15, 0.2) is 0 Å². The molecule has 0 unspecified atom stereocenters. The van der Waals surface area contributed by atoms with Crippen LogP contribution in [0, 0.1) is 11.8 Å². The number of aliphatic carboxylic acids is 1. The van der Waals surface area contributed by atoms with Crippen molar-refractivity contribution >= 4 is 29.3 Å². The van der Waals surface area contributed by atoms with Crippen LogP contribution < -0.4 is 5.32 Å². The summed E-state index contributed by atoms with van der Waals surface area (Å²) in [6.07, 6.45) is 1.36. The average molecular weight is 315 g/mol. The van der Waals surface area contributed by atoms with Gasteiger partial charge in [0.05, 0.1) is 5.92 Å². The molecule has 2 atom stereocenters. The van der Waals surface area contributed by atoms with E-state index in [2.05, 4.69) is 5.32 Å². The van der Waals surface area contributed by atoms with Gasteiger partial charge in [0, 0.05) is 16.5 Å². The smallest absolute Gasteiger partial charge is 0.306 e. The average Bonchev–Trinajstić information content (AvgIpc) is 2.88. The van der Waals surface area contributed by atoms with Crippen LogP contribution in [0.25, 0.3) is 0 Å². The van der Waals surface area contributed by atoms with Gasteiger partial charge in [-0.05, 0) is 37.5 Å². The molecule has 1 amide bonds. The molecule has 4 nitrogen and oxygen atoms in total. The summed E-state index contributed by atoms with van der Waals surface area (Å²) in [5.74, 6) is -4.44. The summed E-state index contributed by atoms with van der Waals surface area (Å²) in [4.78, 5) is 23.3. The van der Waals surface area contributed by atoms with Crippen molar-refractivity contribution in [3.05, 3.63) is 24.3 Å². The molecule has 1 aliphatic carbocycles. The number of hydrogen-bond acceptors (Lipinski definition) is 3. The number of halogens is 2. The second-order valence-electron chi connectivity index (χ2n) is 4.94. The molecular weight excluding hydrogens is 300 g/mol. The van der Waals surface area contributed by atoms with Crippen LogP contribution >= 0.6 is 11.8 Å². The van der Waals surface area contributed by atoms with Crippen molar-refractivity contribution < 1.29 is 23.5 Å². The molecule has 1 fully saturated rings. The molecule has 0 saturated heterocycles. The summed E-state index contributed by atoms with van der Waals surface area (Å²) in [6, 6.07) is 6.24. The third kappa shape index (κ3) is 4.42. The zero-order chi connectivity index (χ0) is 15.4. The summed E-state index contributed by atoms with van der Waals surface area (Å²) in [5, 5.41) is 11.6. The Morgan fingerprint density at radius 1 is 1.29 bits per heavy atom. The first-order chi connectivity index (χ1) is 9.95. The lowest BCUT2D eigenvalue weighted by molar-refractivity contribution is -0.141. The lowest BCUT2D eigenvalue weighted by Gasteiger charge is -2.11. The highest BCUT2D eigenvalue weighted by Gasteiger charge is 2.33. The van der Waals surface area contributed by atoms with Crippen molar-refractivity contribution in [2.45, 2.75) is 29.9 Å². The van der Waals surface area contributed by atoms with Crippen molar-refractivity contribution in [3.8, 4) is 0 Å². The van der Waals surface area contributed by atoms with Gasteiger partial charge in [-0.15, -0.1) is 0 Å². The first-order valence-corrected chi connectivity index (χ1v) is 7.42. The first kappa shape index (κ1) is 15.8. The summed E-state index contributed by atoms with van der Waals surface area (Å²) in [6.45, 7) is 0. The number of carbonyl (C=O) groups is 2. The van der Waals surface area contributed by atoms with Crippen molar-refractivity contribution in [2.24, 2.45) is 11.8 Å². The van der Waals surface area contributed by atoms with E-state index >= 15 is 0 Å². The molecule has 2 N–H and O–H groups in total. The third-order valence-corrected chi connectivity index (χ3v) is 4.18. The highest BCUT2D eigenvalue weighted by molar-refractivity contribution is 7.99. The van der Waals surface area contributed by atoms with E-state index in [4.69, 9.17) is 5.11 Å². The molecular formula is C14H15F2NO3S. The summed E-state index contributed by atoms with van der Waals surface area (Å²) < 4.78 is 24.6. The van der Waals surface area contributed by atoms with Gasteiger partial charge < -0.3 is 10.4 Å². The molecule has 1 aromatic carbocycles. The maximum absolute atomic E-state index is 12.3. The maximum Gasteiger partial charge on any atom is 0.306 e. The van der Waals surface area contributed by atoms with Gasteiger partial charge in [-0.3, -0.25) is 9.59 Å². The van der Waals surface area contributed by atoms with E-state index in [-0.39, 0.29) is 11.8 Å². The Hall–Kier alpha value is -1.63. The van der Waals surface area contributed by atoms with Gasteiger partial charge in [0.2, 0.25) is 5.91 Å². The minimum atomic E-state index is -2.51. The number of benzene rings is 1. The van der Waals surface area contributed by atoms with Gasteiger partial charge in [-0.2, -0.15) is 8.78 Å². The predicted molar refractivity (Wildman–Crippen MR) is 75.4 cm³/mol. The molecule has 1 saturated carbocycles. The van der Waals surface area contributed by atoms with Crippen LogP contribution in [0.1, 0.15) is 19.3 Å². The Morgan fingerprint density at radius 2 is 2.00 bits per heavy atom. The van der Waals surface area contributed by atoms with Crippen LogP contribution in [0.5, 0.6) is 0 Å². The fourth-order valence-corrected chi connectivity index (χ4v) is 3.00. The highest BCUT2D eigenvalue weighted by Crippen LogP contribution is 2.32. The van der Waals surface area contributed by atoms with Gasteiger partial charge >= 0.3 is 5.97 Å². The Balaban J connectivity index is 1.95. The quantitative estimate of drug-likeness (QED) is 0.817. The molecule has 0 bridgehead atoms. The Morgan fingerprint density at radius 3 is 2.62 bits per heavy atom. The van der Waals surface area contributed by atoms with Gasteiger partial charge in [0.1, 0.15) is 0 Å². The molecule has 0 spiro atoms. The van der Waals surface area contributed by atoms with E-state index in [9.17, 15) is 18.4 Å². The van der Waals surface area contributed by atoms with Crippen LogP contribution in [-0.4, -0.2) is 22.7 Å². The predicted octanol–water partition coefficient (Wildman–Crippen LogP) is 3.44. The molecule has 0 aromatic heterocycles. The lowest BCUT2D eigenvalue weighted by Crippen LogP contribution is -2.21. The standard InChI is InChI=1S/C14H15F2NO3S/c15-14(16)21-11-3-1-2-10(7-11)17-12(18)8-4-5-9(6-8)13(19)20/h1-3,7-9,14H,4-6H2,(H,17,18)(H,19,20)/t8-,9+/m0/s1. The summed E-state index contributed by atoms with van der Waals surface area (Å²) in [5.41, 5.74) is 0.449. The topological polar surface area (TPSA) is 66.4 Å². The molecule has 1 aromatic rings. The summed E-state index contributed by atoms with van der Waals surface area (Å²) in [7, 11) is 0. The molecule has 0 radical (unpaired) electrons. The molecule has 0 aliphatic heterocycles. The first-order valence-electron chi connectivity index (χ1n) is 6.54. The van der Waals surface area contributed by atoms with Gasteiger partial charge in [-0.25, -0.2) is 0 Å².